The maximum Gasteiger partial charge on any atom is 0.328 e. The quantitative estimate of drug-likeness (QED) is 0.177. The predicted molar refractivity (Wildman–Crippen MR) is 153 cm³/mol. The standard InChI is InChI=1S/C31H43N3O8/c1-30-12-10-20(16-19(30)5-6-21-22-7-9-27(36)31(22,2)13-11-23(21)30)33-42-17-28(37)32-24(29(38)41-3)14-18-4-8-26(35)25(15-18)34(39)40/h4,8,15-16,21-24,27,34-36,39H,5-7,9-14,17H2,1-3H3,(H,32,37)/t21-,22-,23-,24-,27-,30-,31-/m0/s1. The minimum Gasteiger partial charge on any atom is -0.595 e. The molecule has 0 radical (unpaired) electrons. The van der Waals surface area contributed by atoms with E-state index in [2.05, 4.69) is 30.4 Å². The number of ether oxygens (including phenoxy) is 1. The van der Waals surface area contributed by atoms with Crippen LogP contribution in [0.1, 0.15) is 70.8 Å². The van der Waals surface area contributed by atoms with Crippen LogP contribution in [0.25, 0.3) is 0 Å². The number of rotatable bonds is 8. The number of hydrogen-bond donors (Lipinski definition) is 5. The molecule has 0 aliphatic heterocycles. The van der Waals surface area contributed by atoms with Gasteiger partial charge in [-0.25, -0.2) is 10.0 Å². The van der Waals surface area contributed by atoms with Crippen LogP contribution in [0, 0.1) is 33.8 Å². The number of methoxy groups -OCH3 is 1. The summed E-state index contributed by atoms with van der Waals surface area (Å²) in [6.07, 6.45) is 10.1. The third kappa shape index (κ3) is 5.67. The van der Waals surface area contributed by atoms with Crippen LogP contribution < -0.4 is 10.5 Å². The average molecular weight is 586 g/mol. The van der Waals surface area contributed by atoms with E-state index in [9.17, 15) is 30.2 Å². The highest BCUT2D eigenvalue weighted by atomic mass is 16.8. The maximum atomic E-state index is 12.6. The van der Waals surface area contributed by atoms with Crippen molar-refractivity contribution in [1.82, 2.24) is 5.32 Å². The zero-order chi connectivity index (χ0) is 30.2. The molecule has 3 saturated carbocycles. The lowest BCUT2D eigenvalue weighted by Crippen LogP contribution is -2.99. The number of carbonyl (C=O) groups excluding carboxylic acids is 2. The Morgan fingerprint density at radius 1 is 1.17 bits per heavy atom. The number of nitrogens with one attached hydrogen (secondary N) is 2. The minimum absolute atomic E-state index is 0.0285. The molecule has 4 aliphatic rings. The summed E-state index contributed by atoms with van der Waals surface area (Å²) in [4.78, 5) is 30.4. The van der Waals surface area contributed by atoms with Crippen LogP contribution in [0.2, 0.25) is 0 Å². The number of allylic oxidation sites excluding steroid dienone is 2. The second kappa shape index (κ2) is 11.9. The van der Waals surface area contributed by atoms with Crippen LogP contribution in [0.15, 0.2) is 35.0 Å². The fourth-order valence-electron chi connectivity index (χ4n) is 8.48. The van der Waals surface area contributed by atoms with Gasteiger partial charge in [0.15, 0.2) is 12.4 Å². The molecule has 5 N–H and O–H groups in total. The van der Waals surface area contributed by atoms with Gasteiger partial charge in [0, 0.05) is 12.5 Å². The molecule has 5 rings (SSSR count). The number of hydrogen-bond acceptors (Lipinski definition) is 9. The second-order valence-electron chi connectivity index (χ2n) is 13.0. The molecule has 0 spiro atoms. The van der Waals surface area contributed by atoms with E-state index >= 15 is 0 Å². The molecule has 0 bridgehead atoms. The second-order valence-corrected chi connectivity index (χ2v) is 13.0. The van der Waals surface area contributed by atoms with E-state index in [1.807, 2.05) is 0 Å². The van der Waals surface area contributed by atoms with Gasteiger partial charge in [-0.2, -0.15) is 5.23 Å². The number of aliphatic hydroxyl groups excluding tert-OH is 1. The lowest BCUT2D eigenvalue weighted by atomic mass is 9.47. The topological polar surface area (TPSA) is 165 Å². The van der Waals surface area contributed by atoms with Crippen molar-refractivity contribution in [2.24, 2.45) is 33.7 Å². The van der Waals surface area contributed by atoms with Crippen LogP contribution in [0.3, 0.4) is 0 Å². The fraction of sp³-hybridized carbons (Fsp3) is 0.645. The molecule has 0 saturated heterocycles. The van der Waals surface area contributed by atoms with E-state index in [4.69, 9.17) is 9.57 Å². The molecule has 42 heavy (non-hydrogen) atoms. The summed E-state index contributed by atoms with van der Waals surface area (Å²) in [5.74, 6) is 0.222. The first-order chi connectivity index (χ1) is 20.0. The number of amides is 1. The predicted octanol–water partition coefficient (Wildman–Crippen LogP) is 2.69. The SMILES string of the molecule is COC(=O)[C@H](Cc1ccc(O)c([NH+]([O-])O)c1)NC(=O)CON=C1C=C2CC[C@H]3[C@@H]4CC[C@H](O)[C@@]4(C)CC[C@@H]3[C@@]2(C)CC1. The number of phenolic OH excluding ortho intramolecular Hbond substituents is 1. The molecule has 230 valence electrons. The molecule has 1 aromatic carbocycles. The van der Waals surface area contributed by atoms with Gasteiger partial charge in [0.05, 0.1) is 18.9 Å². The molecule has 1 unspecified atom stereocenters. The number of carbonyl (C=O) groups is 2. The Morgan fingerprint density at radius 3 is 2.69 bits per heavy atom. The molecule has 0 heterocycles. The van der Waals surface area contributed by atoms with Gasteiger partial charge in [-0.1, -0.05) is 30.6 Å². The van der Waals surface area contributed by atoms with Gasteiger partial charge in [-0.3, -0.25) is 4.79 Å². The largest absolute Gasteiger partial charge is 0.595 e. The normalized spacial score (nSPS) is 34.3. The first kappa shape index (κ1) is 30.5. The third-order valence-corrected chi connectivity index (χ3v) is 10.9. The van der Waals surface area contributed by atoms with Crippen LogP contribution in [-0.2, 0) is 25.6 Å². The number of oxime groups is 1. The molecule has 11 heteroatoms. The summed E-state index contributed by atoms with van der Waals surface area (Å²) in [5, 5.41) is 46.5. The van der Waals surface area contributed by atoms with Crippen LogP contribution in [0.5, 0.6) is 5.75 Å². The van der Waals surface area contributed by atoms with Gasteiger partial charge < -0.3 is 30.3 Å². The summed E-state index contributed by atoms with van der Waals surface area (Å²) in [6, 6.07) is 2.89. The molecular formula is C31H43N3O8. The van der Waals surface area contributed by atoms with Crippen LogP contribution in [-0.4, -0.2) is 58.9 Å². The number of nitrogens with zero attached hydrogens (tertiary/aromatic N) is 1. The average Bonchev–Trinajstić information content (AvgIpc) is 3.27. The van der Waals surface area contributed by atoms with Crippen molar-refractivity contribution in [2.75, 3.05) is 13.7 Å². The maximum absolute atomic E-state index is 12.6. The molecule has 11 nitrogen and oxygen atoms in total. The molecule has 8 atom stereocenters. The highest BCUT2D eigenvalue weighted by Crippen LogP contribution is 2.65. The molecule has 3 fully saturated rings. The lowest BCUT2D eigenvalue weighted by Gasteiger charge is -2.57. The highest BCUT2D eigenvalue weighted by Gasteiger charge is 2.58. The van der Waals surface area contributed by atoms with Crippen molar-refractivity contribution >= 4 is 23.3 Å². The van der Waals surface area contributed by atoms with E-state index < -0.39 is 23.1 Å². The van der Waals surface area contributed by atoms with Gasteiger partial charge in [0.1, 0.15) is 6.04 Å². The number of quaternary nitrogens is 1. The lowest BCUT2D eigenvalue weighted by molar-refractivity contribution is -0.991. The number of phenols is 1. The van der Waals surface area contributed by atoms with E-state index in [0.29, 0.717) is 23.3 Å². The Balaban J connectivity index is 1.19. The molecular weight excluding hydrogens is 542 g/mol. The van der Waals surface area contributed by atoms with E-state index in [0.717, 1.165) is 57.1 Å². The smallest absolute Gasteiger partial charge is 0.328 e. The van der Waals surface area contributed by atoms with Crippen molar-refractivity contribution in [2.45, 2.75) is 83.8 Å². The van der Waals surface area contributed by atoms with Gasteiger partial charge in [0.25, 0.3) is 5.91 Å². The van der Waals surface area contributed by atoms with E-state index in [1.165, 1.54) is 30.9 Å². The Kier molecular flexibility index (Phi) is 8.67. The Bertz CT molecular complexity index is 1260. The summed E-state index contributed by atoms with van der Waals surface area (Å²) in [6.45, 7) is 4.31. The number of benzene rings is 1. The van der Waals surface area contributed by atoms with Crippen molar-refractivity contribution in [3.05, 3.63) is 40.6 Å². The van der Waals surface area contributed by atoms with E-state index in [1.54, 1.807) is 0 Å². The summed E-state index contributed by atoms with van der Waals surface area (Å²) in [7, 11) is 1.20. The van der Waals surface area contributed by atoms with Crippen LogP contribution >= 0.6 is 0 Å². The summed E-state index contributed by atoms with van der Waals surface area (Å²) in [5.41, 5.74) is 2.53. The van der Waals surface area contributed by atoms with Gasteiger partial charge >= 0.3 is 5.97 Å². The molecule has 0 aromatic heterocycles. The zero-order valence-corrected chi connectivity index (χ0v) is 24.6. The Morgan fingerprint density at radius 2 is 1.95 bits per heavy atom. The van der Waals surface area contributed by atoms with E-state index in [-0.39, 0.29) is 41.4 Å². The minimum atomic E-state index is -1.30. The number of esters is 1. The zero-order valence-electron chi connectivity index (χ0n) is 24.6. The third-order valence-electron chi connectivity index (χ3n) is 10.9. The van der Waals surface area contributed by atoms with Gasteiger partial charge in [-0.15, -0.1) is 0 Å². The molecule has 1 aromatic rings. The molecule has 4 aliphatic carbocycles. The monoisotopic (exact) mass is 585 g/mol. The highest BCUT2D eigenvalue weighted by molar-refractivity contribution is 5.96. The number of aliphatic hydroxyl groups is 1. The summed E-state index contributed by atoms with van der Waals surface area (Å²) >= 11 is 0. The van der Waals surface area contributed by atoms with Gasteiger partial charge in [0.2, 0.25) is 5.69 Å². The van der Waals surface area contributed by atoms with Crippen molar-refractivity contribution in [1.29, 1.82) is 0 Å². The Hall–Kier alpha value is -2.99. The number of aromatic hydroxyl groups is 1. The number of fused-ring (bicyclic) bond motifs is 5. The van der Waals surface area contributed by atoms with Gasteiger partial charge in [-0.05, 0) is 97.7 Å². The first-order valence-corrected chi connectivity index (χ1v) is 15.0. The van der Waals surface area contributed by atoms with Crippen molar-refractivity contribution in [3.63, 3.8) is 0 Å². The first-order valence-electron chi connectivity index (χ1n) is 15.0. The van der Waals surface area contributed by atoms with Crippen molar-refractivity contribution in [3.8, 4) is 5.75 Å². The Labute approximate surface area is 246 Å². The van der Waals surface area contributed by atoms with Crippen molar-refractivity contribution < 1.29 is 39.8 Å². The van der Waals surface area contributed by atoms with Crippen LogP contribution in [0.4, 0.5) is 5.69 Å². The fourth-order valence-corrected chi connectivity index (χ4v) is 8.48. The summed E-state index contributed by atoms with van der Waals surface area (Å²) < 4.78 is 4.81. The molecule has 1 amide bonds.